The van der Waals surface area contributed by atoms with Gasteiger partial charge in [-0.25, -0.2) is 0 Å². The molecule has 0 amide bonds. The lowest BCUT2D eigenvalue weighted by atomic mass is 9.84. The van der Waals surface area contributed by atoms with E-state index < -0.39 is 0 Å². The van der Waals surface area contributed by atoms with Crippen molar-refractivity contribution in [3.63, 3.8) is 0 Å². The van der Waals surface area contributed by atoms with Gasteiger partial charge in [-0.05, 0) is 47.1 Å². The van der Waals surface area contributed by atoms with Crippen LogP contribution in [0, 0.1) is 0 Å². The first-order valence-corrected chi connectivity index (χ1v) is 9.75. The van der Waals surface area contributed by atoms with E-state index in [1.54, 1.807) is 0 Å². The average Bonchev–Trinajstić information content (AvgIpc) is 2.66. The minimum Gasteiger partial charge on any atom is -0.494 e. The molecule has 0 radical (unpaired) electrons. The van der Waals surface area contributed by atoms with E-state index in [9.17, 15) is 4.79 Å². The number of carbonyl (C=O) groups excluding carboxylic acids is 1. The van der Waals surface area contributed by atoms with Crippen LogP contribution < -0.4 is 4.74 Å². The van der Waals surface area contributed by atoms with E-state index in [0.717, 1.165) is 36.3 Å². The quantitative estimate of drug-likeness (QED) is 0.445. The number of hydrogen-bond acceptors (Lipinski definition) is 3. The maximum Gasteiger partial charge on any atom is 0.313 e. The maximum absolute atomic E-state index is 12.4. The minimum absolute atomic E-state index is 0.0902. The molecule has 2 rings (SSSR count). The maximum atomic E-state index is 12.4. The number of methoxy groups -OCH3 is 1. The van der Waals surface area contributed by atoms with Gasteiger partial charge in [0.25, 0.3) is 0 Å². The van der Waals surface area contributed by atoms with Crippen LogP contribution in [0.2, 0.25) is 0 Å². The molecule has 0 saturated heterocycles. The molecule has 0 fully saturated rings. The molecule has 0 heterocycles. The minimum atomic E-state index is -0.309. The van der Waals surface area contributed by atoms with Crippen molar-refractivity contribution in [1.29, 1.82) is 0 Å². The fourth-order valence-corrected chi connectivity index (χ4v) is 2.99. The summed E-state index contributed by atoms with van der Waals surface area (Å²) in [4.78, 5) is 12.4. The Hall–Kier alpha value is -2.29. The van der Waals surface area contributed by atoms with Gasteiger partial charge in [-0.15, -0.1) is 0 Å². The number of esters is 1. The van der Waals surface area contributed by atoms with Crippen molar-refractivity contribution in [2.45, 2.75) is 58.3 Å². The third-order valence-corrected chi connectivity index (χ3v) is 4.79. The Balaban J connectivity index is 2.14. The summed E-state index contributed by atoms with van der Waals surface area (Å²) in [6.45, 7) is 9.44. The highest BCUT2D eigenvalue weighted by molar-refractivity contribution is 5.78. The molecule has 0 aliphatic carbocycles. The van der Waals surface area contributed by atoms with Crippen LogP contribution in [0.3, 0.4) is 0 Å². The largest absolute Gasteiger partial charge is 0.494 e. The molecule has 0 aliphatic heterocycles. The number of ether oxygens (including phenoxy) is 2. The Morgan fingerprint density at radius 1 is 1.00 bits per heavy atom. The smallest absolute Gasteiger partial charge is 0.313 e. The van der Waals surface area contributed by atoms with Crippen LogP contribution in [0.25, 0.3) is 0 Å². The summed E-state index contributed by atoms with van der Waals surface area (Å²) in [6, 6.07) is 16.3. The molecule has 0 aromatic heterocycles. The lowest BCUT2D eigenvalue weighted by molar-refractivity contribution is -0.142. The molecule has 0 N–H and O–H groups in total. The lowest BCUT2D eigenvalue weighted by Crippen LogP contribution is -2.17. The normalized spacial score (nSPS) is 12.5. The zero-order chi connectivity index (χ0) is 19.9. The van der Waals surface area contributed by atoms with Crippen LogP contribution in [0.15, 0.2) is 48.5 Å². The first-order valence-electron chi connectivity index (χ1n) is 9.75. The van der Waals surface area contributed by atoms with Gasteiger partial charge in [0.05, 0.1) is 19.6 Å². The number of benzene rings is 2. The van der Waals surface area contributed by atoms with E-state index in [1.807, 2.05) is 36.4 Å². The van der Waals surface area contributed by atoms with Crippen LogP contribution in [-0.2, 0) is 21.4 Å². The first kappa shape index (κ1) is 21.0. The van der Waals surface area contributed by atoms with Crippen molar-refractivity contribution in [3.8, 4) is 5.75 Å². The van der Waals surface area contributed by atoms with Gasteiger partial charge in [0.2, 0.25) is 0 Å². The van der Waals surface area contributed by atoms with Crippen LogP contribution in [0.4, 0.5) is 0 Å². The van der Waals surface area contributed by atoms with Gasteiger partial charge in [-0.2, -0.15) is 0 Å². The lowest BCUT2D eigenvalue weighted by Gasteiger charge is -2.21. The molecule has 2 aromatic carbocycles. The van der Waals surface area contributed by atoms with Gasteiger partial charge >= 0.3 is 5.97 Å². The van der Waals surface area contributed by atoms with E-state index in [4.69, 9.17) is 9.47 Å². The Labute approximate surface area is 163 Å². The summed E-state index contributed by atoms with van der Waals surface area (Å²) < 4.78 is 10.8. The van der Waals surface area contributed by atoms with Crippen LogP contribution >= 0.6 is 0 Å². The molecule has 3 heteroatoms. The number of rotatable bonds is 8. The Morgan fingerprint density at radius 3 is 2.15 bits per heavy atom. The fourth-order valence-electron chi connectivity index (χ4n) is 2.99. The SMILES string of the molecule is CCCCOc1ccc(CC(C(=O)OC)c2ccc(C(C)(C)C)cc2)cc1. The molecule has 27 heavy (non-hydrogen) atoms. The summed E-state index contributed by atoms with van der Waals surface area (Å²) >= 11 is 0. The zero-order valence-electron chi connectivity index (χ0n) is 17.2. The number of hydrogen-bond donors (Lipinski definition) is 0. The van der Waals surface area contributed by atoms with E-state index in [0.29, 0.717) is 6.42 Å². The van der Waals surface area contributed by atoms with Crippen molar-refractivity contribution >= 4 is 5.97 Å². The van der Waals surface area contributed by atoms with E-state index in [1.165, 1.54) is 12.7 Å². The van der Waals surface area contributed by atoms with Gasteiger partial charge < -0.3 is 9.47 Å². The number of carbonyl (C=O) groups is 1. The summed E-state index contributed by atoms with van der Waals surface area (Å²) in [6.07, 6.45) is 2.78. The van der Waals surface area contributed by atoms with Crippen LogP contribution in [0.5, 0.6) is 5.75 Å². The molecule has 0 spiro atoms. The molecule has 0 aliphatic rings. The third kappa shape index (κ3) is 6.13. The molecule has 146 valence electrons. The summed E-state index contributed by atoms with van der Waals surface area (Å²) in [5, 5.41) is 0. The third-order valence-electron chi connectivity index (χ3n) is 4.79. The molecule has 1 unspecified atom stereocenters. The van der Waals surface area contributed by atoms with Gasteiger partial charge in [-0.3, -0.25) is 4.79 Å². The average molecular weight is 369 g/mol. The van der Waals surface area contributed by atoms with Gasteiger partial charge in [0.1, 0.15) is 5.75 Å². The fraction of sp³-hybridized carbons (Fsp3) is 0.458. The molecular weight excluding hydrogens is 336 g/mol. The molecule has 0 bridgehead atoms. The van der Waals surface area contributed by atoms with E-state index >= 15 is 0 Å². The Bertz CT molecular complexity index is 709. The zero-order valence-corrected chi connectivity index (χ0v) is 17.2. The first-order chi connectivity index (χ1) is 12.8. The highest BCUT2D eigenvalue weighted by Crippen LogP contribution is 2.27. The second kappa shape index (κ2) is 9.59. The summed E-state index contributed by atoms with van der Waals surface area (Å²) in [7, 11) is 1.45. The second-order valence-electron chi connectivity index (χ2n) is 8.00. The predicted octanol–water partition coefficient (Wildman–Crippen LogP) is 5.66. The van der Waals surface area contributed by atoms with Crippen molar-refractivity contribution in [2.24, 2.45) is 0 Å². The summed E-state index contributed by atoms with van der Waals surface area (Å²) in [5.41, 5.74) is 3.42. The molecule has 1 atom stereocenters. The van der Waals surface area contributed by atoms with E-state index in [2.05, 4.69) is 39.8 Å². The highest BCUT2D eigenvalue weighted by atomic mass is 16.5. The van der Waals surface area contributed by atoms with Crippen LogP contribution in [-0.4, -0.2) is 19.7 Å². The van der Waals surface area contributed by atoms with Crippen molar-refractivity contribution < 1.29 is 14.3 Å². The molecule has 2 aromatic rings. The topological polar surface area (TPSA) is 35.5 Å². The van der Waals surface area contributed by atoms with Gasteiger partial charge in [-0.1, -0.05) is 70.5 Å². The van der Waals surface area contributed by atoms with Crippen molar-refractivity contribution in [3.05, 3.63) is 65.2 Å². The van der Waals surface area contributed by atoms with Crippen molar-refractivity contribution in [1.82, 2.24) is 0 Å². The molecule has 3 nitrogen and oxygen atoms in total. The molecular formula is C24H32O3. The van der Waals surface area contributed by atoms with Crippen LogP contribution in [0.1, 0.15) is 63.1 Å². The van der Waals surface area contributed by atoms with Gasteiger partial charge in [0, 0.05) is 0 Å². The Kier molecular flexibility index (Phi) is 7.46. The van der Waals surface area contributed by atoms with Crippen molar-refractivity contribution in [2.75, 3.05) is 13.7 Å². The predicted molar refractivity (Wildman–Crippen MR) is 110 cm³/mol. The number of unbranched alkanes of at least 4 members (excludes halogenated alkanes) is 1. The monoisotopic (exact) mass is 368 g/mol. The van der Waals surface area contributed by atoms with E-state index in [-0.39, 0.29) is 17.3 Å². The van der Waals surface area contributed by atoms with Gasteiger partial charge in [0.15, 0.2) is 0 Å². The summed E-state index contributed by atoms with van der Waals surface area (Å²) in [5.74, 6) is 0.356. The highest BCUT2D eigenvalue weighted by Gasteiger charge is 2.23. The Morgan fingerprint density at radius 2 is 1.63 bits per heavy atom. The second-order valence-corrected chi connectivity index (χ2v) is 8.00. The molecule has 0 saturated carbocycles. The standard InChI is InChI=1S/C24H32O3/c1-6-7-16-27-21-14-8-18(9-15-21)17-22(23(25)26-5)19-10-12-20(13-11-19)24(2,3)4/h8-15,22H,6-7,16-17H2,1-5H3.